The van der Waals surface area contributed by atoms with E-state index in [2.05, 4.69) is 53.3 Å². The summed E-state index contributed by atoms with van der Waals surface area (Å²) < 4.78 is 14.4. The van der Waals surface area contributed by atoms with Crippen molar-refractivity contribution in [3.63, 3.8) is 0 Å². The van der Waals surface area contributed by atoms with E-state index < -0.39 is 0 Å². The Hall–Kier alpha value is -1.19. The van der Waals surface area contributed by atoms with Gasteiger partial charge in [-0.25, -0.2) is 4.39 Å². The van der Waals surface area contributed by atoms with Crippen molar-refractivity contribution in [1.82, 2.24) is 5.32 Å². The van der Waals surface area contributed by atoms with Gasteiger partial charge in [0, 0.05) is 10.5 Å². The van der Waals surface area contributed by atoms with Gasteiger partial charge in [-0.2, -0.15) is 0 Å². The minimum Gasteiger partial charge on any atom is -0.310 e. The van der Waals surface area contributed by atoms with Crippen LogP contribution in [-0.4, -0.2) is 6.54 Å². The van der Waals surface area contributed by atoms with Gasteiger partial charge in [-0.15, -0.1) is 0 Å². The fraction of sp³-hybridized carbons (Fsp3) is 0.294. The van der Waals surface area contributed by atoms with Crippen molar-refractivity contribution in [3.8, 4) is 0 Å². The third kappa shape index (κ3) is 4.15. The van der Waals surface area contributed by atoms with Crippen LogP contribution in [0.1, 0.15) is 29.7 Å². The smallest absolute Gasteiger partial charge is 0.123 e. The number of benzene rings is 2. The van der Waals surface area contributed by atoms with Gasteiger partial charge in [-0.3, -0.25) is 0 Å². The number of nitrogens with one attached hydrogen (secondary N) is 1. The van der Waals surface area contributed by atoms with Crippen LogP contribution < -0.4 is 5.32 Å². The van der Waals surface area contributed by atoms with E-state index in [0.29, 0.717) is 0 Å². The van der Waals surface area contributed by atoms with Crippen LogP contribution in [0.2, 0.25) is 0 Å². The van der Waals surface area contributed by atoms with E-state index in [1.165, 1.54) is 17.2 Å². The predicted octanol–water partition coefficient (Wildman–Crippen LogP) is 4.79. The molecule has 0 bridgehead atoms. The largest absolute Gasteiger partial charge is 0.310 e. The molecule has 0 saturated carbocycles. The summed E-state index contributed by atoms with van der Waals surface area (Å²) >= 11 is 3.54. The molecule has 0 aliphatic carbocycles. The topological polar surface area (TPSA) is 12.0 Å². The standard InChI is InChI=1S/C17H19BrFN/c1-3-20-17(10-13-5-4-6-16(19)9-13)14-7-12(2)8-15(18)11-14/h4-9,11,17,20H,3,10H2,1-2H3. The van der Waals surface area contributed by atoms with Gasteiger partial charge in [0.25, 0.3) is 0 Å². The Kier molecular flexibility index (Phi) is 5.32. The lowest BCUT2D eigenvalue weighted by molar-refractivity contribution is 0.546. The summed E-state index contributed by atoms with van der Waals surface area (Å²) in [5.74, 6) is -0.178. The van der Waals surface area contributed by atoms with E-state index in [0.717, 1.165) is 23.0 Å². The van der Waals surface area contributed by atoms with Crippen molar-refractivity contribution in [2.45, 2.75) is 26.3 Å². The Morgan fingerprint density at radius 2 is 2.00 bits per heavy atom. The third-order valence-corrected chi connectivity index (χ3v) is 3.70. The molecule has 1 nitrogen and oxygen atoms in total. The number of rotatable bonds is 5. The maximum absolute atomic E-state index is 13.3. The first-order valence-electron chi connectivity index (χ1n) is 6.83. The quantitative estimate of drug-likeness (QED) is 0.828. The lowest BCUT2D eigenvalue weighted by atomic mass is 9.97. The molecule has 0 saturated heterocycles. The molecule has 2 aromatic rings. The SMILES string of the molecule is CCNC(Cc1cccc(F)c1)c1cc(C)cc(Br)c1. The molecular formula is C17H19BrFN. The lowest BCUT2D eigenvalue weighted by Gasteiger charge is -2.19. The maximum atomic E-state index is 13.3. The van der Waals surface area contributed by atoms with E-state index in [9.17, 15) is 4.39 Å². The van der Waals surface area contributed by atoms with Gasteiger partial charge in [-0.05, 0) is 60.8 Å². The van der Waals surface area contributed by atoms with Crippen LogP contribution in [0.5, 0.6) is 0 Å². The molecular weight excluding hydrogens is 317 g/mol. The first kappa shape index (κ1) is 15.2. The van der Waals surface area contributed by atoms with Crippen LogP contribution >= 0.6 is 15.9 Å². The van der Waals surface area contributed by atoms with Crippen molar-refractivity contribution in [2.24, 2.45) is 0 Å². The Labute approximate surface area is 128 Å². The molecule has 2 aromatic carbocycles. The van der Waals surface area contributed by atoms with Crippen molar-refractivity contribution >= 4 is 15.9 Å². The number of hydrogen-bond acceptors (Lipinski definition) is 1. The average Bonchev–Trinajstić information content (AvgIpc) is 2.37. The van der Waals surface area contributed by atoms with Gasteiger partial charge in [-0.1, -0.05) is 41.1 Å². The highest BCUT2D eigenvalue weighted by molar-refractivity contribution is 9.10. The number of halogens is 2. The Balaban J connectivity index is 2.26. The molecule has 0 aliphatic rings. The van der Waals surface area contributed by atoms with Crippen LogP contribution in [-0.2, 0) is 6.42 Å². The highest BCUT2D eigenvalue weighted by atomic mass is 79.9. The molecule has 106 valence electrons. The zero-order valence-electron chi connectivity index (χ0n) is 11.8. The summed E-state index contributed by atoms with van der Waals surface area (Å²) in [5, 5.41) is 3.48. The molecule has 0 aliphatic heterocycles. The van der Waals surface area contributed by atoms with E-state index in [1.54, 1.807) is 12.1 Å². The van der Waals surface area contributed by atoms with Gasteiger partial charge in [0.1, 0.15) is 5.82 Å². The van der Waals surface area contributed by atoms with Crippen LogP contribution in [0.25, 0.3) is 0 Å². The van der Waals surface area contributed by atoms with Crippen molar-refractivity contribution in [1.29, 1.82) is 0 Å². The van der Waals surface area contributed by atoms with Crippen molar-refractivity contribution < 1.29 is 4.39 Å². The van der Waals surface area contributed by atoms with Crippen molar-refractivity contribution in [2.75, 3.05) is 6.54 Å². The first-order chi connectivity index (χ1) is 9.58. The first-order valence-corrected chi connectivity index (χ1v) is 7.62. The average molecular weight is 336 g/mol. The van der Waals surface area contributed by atoms with E-state index in [4.69, 9.17) is 0 Å². The maximum Gasteiger partial charge on any atom is 0.123 e. The molecule has 2 rings (SSSR count). The molecule has 1 atom stereocenters. The van der Waals surface area contributed by atoms with E-state index in [1.807, 2.05) is 6.07 Å². The normalized spacial score (nSPS) is 12.4. The highest BCUT2D eigenvalue weighted by Gasteiger charge is 2.12. The fourth-order valence-electron chi connectivity index (χ4n) is 2.42. The van der Waals surface area contributed by atoms with Gasteiger partial charge in [0.2, 0.25) is 0 Å². The molecule has 0 aromatic heterocycles. The van der Waals surface area contributed by atoms with Crippen LogP contribution in [0, 0.1) is 12.7 Å². The van der Waals surface area contributed by atoms with Crippen LogP contribution in [0.15, 0.2) is 46.9 Å². The highest BCUT2D eigenvalue weighted by Crippen LogP contribution is 2.24. The van der Waals surface area contributed by atoms with Gasteiger partial charge in [0.15, 0.2) is 0 Å². The number of aryl methyl sites for hydroxylation is 1. The Morgan fingerprint density at radius 1 is 1.20 bits per heavy atom. The van der Waals surface area contributed by atoms with Crippen molar-refractivity contribution in [3.05, 3.63) is 69.4 Å². The predicted molar refractivity (Wildman–Crippen MR) is 85.4 cm³/mol. The second-order valence-electron chi connectivity index (χ2n) is 5.01. The molecule has 0 spiro atoms. The van der Waals surface area contributed by atoms with Gasteiger partial charge < -0.3 is 5.32 Å². The summed E-state index contributed by atoms with van der Waals surface area (Å²) in [6.45, 7) is 5.05. The summed E-state index contributed by atoms with van der Waals surface area (Å²) in [4.78, 5) is 0. The van der Waals surface area contributed by atoms with E-state index >= 15 is 0 Å². The monoisotopic (exact) mass is 335 g/mol. The molecule has 1 N–H and O–H groups in total. The minimum atomic E-state index is -0.178. The summed E-state index contributed by atoms with van der Waals surface area (Å²) in [6.07, 6.45) is 0.779. The molecule has 0 fully saturated rings. The molecule has 0 heterocycles. The molecule has 1 unspecified atom stereocenters. The molecule has 20 heavy (non-hydrogen) atoms. The van der Waals surface area contributed by atoms with Crippen LogP contribution in [0.3, 0.4) is 0 Å². The summed E-state index contributed by atoms with van der Waals surface area (Å²) in [6, 6.07) is 13.4. The molecule has 3 heteroatoms. The second kappa shape index (κ2) is 7.00. The number of likely N-dealkylation sites (N-methyl/N-ethyl adjacent to an activating group) is 1. The van der Waals surface area contributed by atoms with Gasteiger partial charge in [0.05, 0.1) is 0 Å². The lowest BCUT2D eigenvalue weighted by Crippen LogP contribution is -2.23. The number of hydrogen-bond donors (Lipinski definition) is 1. The zero-order valence-corrected chi connectivity index (χ0v) is 13.4. The molecule has 0 radical (unpaired) electrons. The molecule has 0 amide bonds. The third-order valence-electron chi connectivity index (χ3n) is 3.25. The summed E-state index contributed by atoms with van der Waals surface area (Å²) in [5.41, 5.74) is 3.45. The summed E-state index contributed by atoms with van der Waals surface area (Å²) in [7, 11) is 0. The Bertz CT molecular complexity index is 563. The van der Waals surface area contributed by atoms with Crippen LogP contribution in [0.4, 0.5) is 4.39 Å². The van der Waals surface area contributed by atoms with E-state index in [-0.39, 0.29) is 11.9 Å². The zero-order chi connectivity index (χ0) is 14.5. The Morgan fingerprint density at radius 3 is 2.65 bits per heavy atom. The second-order valence-corrected chi connectivity index (χ2v) is 5.92. The fourth-order valence-corrected chi connectivity index (χ4v) is 3.05. The minimum absolute atomic E-state index is 0.178. The van der Waals surface area contributed by atoms with Gasteiger partial charge >= 0.3 is 0 Å².